The fraction of sp³-hybridized carbons (Fsp3) is 0.692. The van der Waals surface area contributed by atoms with Crippen LogP contribution in [-0.4, -0.2) is 47.5 Å². The summed E-state index contributed by atoms with van der Waals surface area (Å²) in [7, 11) is 1.51. The molecule has 2 aliphatic rings. The fourth-order valence-electron chi connectivity index (χ4n) is 3.12. The lowest BCUT2D eigenvalue weighted by molar-refractivity contribution is -0.133. The van der Waals surface area contributed by atoms with Gasteiger partial charge >= 0.3 is 6.01 Å². The summed E-state index contributed by atoms with van der Waals surface area (Å²) in [6, 6.07) is 0.427. The van der Waals surface area contributed by atoms with Crippen LogP contribution in [0, 0.1) is 5.41 Å². The first-order chi connectivity index (χ1) is 9.65. The molecule has 1 saturated heterocycles. The Bertz CT molecular complexity index is 494. The number of hydrogen-bond acceptors (Lipinski definition) is 6. The molecule has 2 N–H and O–H groups in total. The van der Waals surface area contributed by atoms with Crippen molar-refractivity contribution in [2.75, 3.05) is 25.6 Å². The van der Waals surface area contributed by atoms with Gasteiger partial charge in [-0.15, -0.1) is 0 Å². The van der Waals surface area contributed by atoms with E-state index in [9.17, 15) is 5.11 Å². The molecule has 2 fully saturated rings. The van der Waals surface area contributed by atoms with E-state index in [1.165, 1.54) is 13.3 Å². The van der Waals surface area contributed by atoms with Crippen molar-refractivity contribution in [3.8, 4) is 6.01 Å². The molecular formula is C13H18ClN3O3. The van der Waals surface area contributed by atoms with E-state index < -0.39 is 0 Å². The van der Waals surface area contributed by atoms with Crippen LogP contribution in [0.1, 0.15) is 19.3 Å². The number of rotatable bonds is 3. The van der Waals surface area contributed by atoms with Crippen molar-refractivity contribution in [1.29, 1.82) is 0 Å². The van der Waals surface area contributed by atoms with Crippen LogP contribution in [0.25, 0.3) is 0 Å². The fourth-order valence-corrected chi connectivity index (χ4v) is 3.26. The first kappa shape index (κ1) is 13.9. The predicted octanol–water partition coefficient (Wildman–Crippen LogP) is 1.48. The molecule has 2 atom stereocenters. The Morgan fingerprint density at radius 2 is 2.25 bits per heavy atom. The van der Waals surface area contributed by atoms with Gasteiger partial charge in [0, 0.05) is 24.7 Å². The van der Waals surface area contributed by atoms with Crippen molar-refractivity contribution in [3.05, 3.63) is 11.2 Å². The number of aromatic nitrogens is 2. The molecule has 0 radical (unpaired) electrons. The Morgan fingerprint density at radius 1 is 1.50 bits per heavy atom. The van der Waals surface area contributed by atoms with E-state index in [4.69, 9.17) is 21.1 Å². The number of nitrogens with one attached hydrogen (secondary N) is 1. The zero-order valence-electron chi connectivity index (χ0n) is 11.3. The molecule has 2 heterocycles. The third-order valence-corrected chi connectivity index (χ3v) is 4.73. The summed E-state index contributed by atoms with van der Waals surface area (Å²) in [5, 5.41) is 13.9. The zero-order chi connectivity index (χ0) is 14.2. The minimum absolute atomic E-state index is 0.125. The highest BCUT2D eigenvalue weighted by atomic mass is 35.5. The molecule has 1 aromatic heterocycles. The lowest BCUT2D eigenvalue weighted by Crippen LogP contribution is -2.62. The van der Waals surface area contributed by atoms with Crippen LogP contribution in [0.2, 0.25) is 5.02 Å². The molecule has 7 heteroatoms. The van der Waals surface area contributed by atoms with Gasteiger partial charge in [0.25, 0.3) is 0 Å². The van der Waals surface area contributed by atoms with Crippen LogP contribution in [0.3, 0.4) is 0 Å². The van der Waals surface area contributed by atoms with Crippen LogP contribution in [-0.2, 0) is 4.74 Å². The Hall–Kier alpha value is -1.11. The quantitative estimate of drug-likeness (QED) is 0.880. The van der Waals surface area contributed by atoms with E-state index in [1.54, 1.807) is 0 Å². The average molecular weight is 300 g/mol. The molecule has 110 valence electrons. The van der Waals surface area contributed by atoms with E-state index in [0.717, 1.165) is 12.8 Å². The van der Waals surface area contributed by atoms with Crippen molar-refractivity contribution in [1.82, 2.24) is 9.97 Å². The molecule has 0 amide bonds. The summed E-state index contributed by atoms with van der Waals surface area (Å²) in [6.45, 7) is 1.38. The second-order valence-electron chi connectivity index (χ2n) is 5.35. The molecule has 3 rings (SSSR count). The third-order valence-electron chi connectivity index (χ3n) is 4.46. The average Bonchev–Trinajstić information content (AvgIpc) is 2.49. The second-order valence-corrected chi connectivity index (χ2v) is 5.75. The highest BCUT2D eigenvalue weighted by Gasteiger charge is 2.55. The van der Waals surface area contributed by atoms with Crippen LogP contribution >= 0.6 is 11.6 Å². The zero-order valence-corrected chi connectivity index (χ0v) is 12.1. The van der Waals surface area contributed by atoms with Gasteiger partial charge in [-0.05, 0) is 19.3 Å². The van der Waals surface area contributed by atoms with Gasteiger partial charge in [0.2, 0.25) is 0 Å². The second kappa shape index (κ2) is 5.35. The SMILES string of the molecule is COc1ncc(Cl)c(N[C@@H]2C[C@@H](O)C23CCOCC3)n1. The van der Waals surface area contributed by atoms with Gasteiger partial charge in [0.1, 0.15) is 5.02 Å². The Kier molecular flexibility index (Phi) is 3.70. The van der Waals surface area contributed by atoms with Crippen molar-refractivity contribution < 1.29 is 14.6 Å². The Labute approximate surface area is 122 Å². The summed E-state index contributed by atoms with van der Waals surface area (Å²) in [5.41, 5.74) is -0.125. The number of hydrogen-bond donors (Lipinski definition) is 2. The number of aliphatic hydroxyl groups is 1. The first-order valence-electron chi connectivity index (χ1n) is 6.74. The van der Waals surface area contributed by atoms with Crippen molar-refractivity contribution in [3.63, 3.8) is 0 Å². The molecule has 0 bridgehead atoms. The summed E-state index contributed by atoms with van der Waals surface area (Å²) in [5.74, 6) is 0.557. The number of halogens is 1. The van der Waals surface area contributed by atoms with Gasteiger partial charge in [0.15, 0.2) is 5.82 Å². The molecule has 1 spiro atoms. The molecule has 0 aromatic carbocycles. The van der Waals surface area contributed by atoms with Gasteiger partial charge in [-0.25, -0.2) is 4.98 Å². The van der Waals surface area contributed by atoms with E-state index >= 15 is 0 Å². The summed E-state index contributed by atoms with van der Waals surface area (Å²) >= 11 is 6.11. The normalized spacial score (nSPS) is 27.9. The molecule has 20 heavy (non-hydrogen) atoms. The largest absolute Gasteiger partial charge is 0.467 e. The van der Waals surface area contributed by atoms with E-state index in [2.05, 4.69) is 15.3 Å². The van der Waals surface area contributed by atoms with E-state index in [-0.39, 0.29) is 23.6 Å². The first-order valence-corrected chi connectivity index (χ1v) is 7.12. The van der Waals surface area contributed by atoms with E-state index in [1.807, 2.05) is 0 Å². The van der Waals surface area contributed by atoms with Gasteiger partial charge < -0.3 is 19.9 Å². The molecule has 6 nitrogen and oxygen atoms in total. The minimum atomic E-state index is -0.286. The van der Waals surface area contributed by atoms with Crippen molar-refractivity contribution in [2.45, 2.75) is 31.4 Å². The number of aliphatic hydroxyl groups excluding tert-OH is 1. The Morgan fingerprint density at radius 3 is 2.90 bits per heavy atom. The Balaban J connectivity index is 1.77. The number of methoxy groups -OCH3 is 1. The van der Waals surface area contributed by atoms with Gasteiger partial charge in [-0.3, -0.25) is 0 Å². The molecule has 1 aliphatic carbocycles. The molecular weight excluding hydrogens is 282 g/mol. The van der Waals surface area contributed by atoms with E-state index in [0.29, 0.717) is 30.5 Å². The van der Waals surface area contributed by atoms with Gasteiger partial charge in [-0.1, -0.05) is 11.6 Å². The third kappa shape index (κ3) is 2.21. The lowest BCUT2D eigenvalue weighted by Gasteiger charge is -2.55. The maximum atomic E-state index is 10.2. The van der Waals surface area contributed by atoms with Crippen molar-refractivity contribution >= 4 is 17.4 Å². The summed E-state index contributed by atoms with van der Waals surface area (Å²) in [4.78, 5) is 8.18. The number of ether oxygens (including phenoxy) is 2. The molecule has 0 unspecified atom stereocenters. The summed E-state index contributed by atoms with van der Waals surface area (Å²) in [6.07, 6.45) is 3.63. The maximum Gasteiger partial charge on any atom is 0.318 e. The number of anilines is 1. The van der Waals surface area contributed by atoms with Crippen LogP contribution < -0.4 is 10.1 Å². The van der Waals surface area contributed by atoms with Gasteiger partial charge in [-0.2, -0.15) is 4.98 Å². The maximum absolute atomic E-state index is 10.2. The van der Waals surface area contributed by atoms with Crippen molar-refractivity contribution in [2.24, 2.45) is 5.41 Å². The monoisotopic (exact) mass is 299 g/mol. The van der Waals surface area contributed by atoms with Crippen LogP contribution in [0.4, 0.5) is 5.82 Å². The highest BCUT2D eigenvalue weighted by molar-refractivity contribution is 6.32. The molecule has 1 aromatic rings. The highest BCUT2D eigenvalue weighted by Crippen LogP contribution is 2.50. The standard InChI is InChI=1S/C13H18ClN3O3/c1-19-12-15-7-8(14)11(17-12)16-9-6-10(18)13(9)2-4-20-5-3-13/h7,9-10,18H,2-6H2,1H3,(H,15,16,17)/t9-,10-/m1/s1. The smallest absolute Gasteiger partial charge is 0.318 e. The minimum Gasteiger partial charge on any atom is -0.467 e. The lowest BCUT2D eigenvalue weighted by atomic mass is 9.58. The molecule has 1 aliphatic heterocycles. The number of nitrogens with zero attached hydrogens (tertiary/aromatic N) is 2. The predicted molar refractivity (Wildman–Crippen MR) is 74.1 cm³/mol. The van der Waals surface area contributed by atoms with Crippen LogP contribution in [0.15, 0.2) is 6.20 Å². The topological polar surface area (TPSA) is 76.5 Å². The van der Waals surface area contributed by atoms with Gasteiger partial charge in [0.05, 0.1) is 19.4 Å². The van der Waals surface area contributed by atoms with Crippen LogP contribution in [0.5, 0.6) is 6.01 Å². The summed E-state index contributed by atoms with van der Waals surface area (Å²) < 4.78 is 10.4. The molecule has 1 saturated carbocycles.